The van der Waals surface area contributed by atoms with Crippen LogP contribution in [0, 0.1) is 5.41 Å². The van der Waals surface area contributed by atoms with E-state index in [9.17, 15) is 19.5 Å². The second kappa shape index (κ2) is 5.48. The maximum Gasteiger partial charge on any atom is 0.333 e. The number of rotatable bonds is 4. The highest BCUT2D eigenvalue weighted by Crippen LogP contribution is 2.19. The Hall–Kier alpha value is -1.43. The van der Waals surface area contributed by atoms with E-state index >= 15 is 0 Å². The lowest BCUT2D eigenvalue weighted by Crippen LogP contribution is -2.35. The van der Waals surface area contributed by atoms with Crippen LogP contribution in [-0.4, -0.2) is 34.1 Å². The number of carbonyl (C=O) groups is 3. The second-order valence-corrected chi connectivity index (χ2v) is 5.38. The van der Waals surface area contributed by atoms with Gasteiger partial charge in [0.05, 0.1) is 6.42 Å². The number of hydrogen-bond acceptors (Lipinski definition) is 5. The van der Waals surface area contributed by atoms with Gasteiger partial charge in [0.15, 0.2) is 6.23 Å². The van der Waals surface area contributed by atoms with E-state index in [0.29, 0.717) is 5.06 Å². The number of hydrogen-bond donors (Lipinski definition) is 1. The van der Waals surface area contributed by atoms with E-state index in [1.165, 1.54) is 0 Å². The molecule has 1 aliphatic rings. The quantitative estimate of drug-likeness (QED) is 0.804. The third-order valence-electron chi connectivity index (χ3n) is 2.73. The number of carbonyl (C=O) groups excluding carboxylic acids is 3. The van der Waals surface area contributed by atoms with Crippen LogP contribution in [-0.2, 0) is 19.2 Å². The Bertz CT molecular complexity index is 358. The molecule has 1 unspecified atom stereocenters. The summed E-state index contributed by atoms with van der Waals surface area (Å²) in [5.74, 6) is -1.15. The third kappa shape index (κ3) is 3.80. The number of amides is 1. The van der Waals surface area contributed by atoms with Crippen LogP contribution in [0.2, 0.25) is 0 Å². The minimum Gasteiger partial charge on any atom is -0.370 e. The zero-order valence-electron chi connectivity index (χ0n) is 10.9. The van der Waals surface area contributed by atoms with Crippen molar-refractivity contribution in [3.05, 3.63) is 0 Å². The second-order valence-electron chi connectivity index (χ2n) is 5.38. The predicted octanol–water partition coefficient (Wildman–Crippen LogP) is 0.781. The van der Waals surface area contributed by atoms with E-state index in [1.807, 2.05) is 0 Å². The van der Waals surface area contributed by atoms with Gasteiger partial charge >= 0.3 is 5.97 Å². The van der Waals surface area contributed by atoms with E-state index in [1.54, 1.807) is 20.8 Å². The van der Waals surface area contributed by atoms with E-state index in [4.69, 9.17) is 4.84 Å². The van der Waals surface area contributed by atoms with Crippen molar-refractivity contribution < 1.29 is 24.3 Å². The molecule has 0 aromatic rings. The normalized spacial score (nSPS) is 20.1. The lowest BCUT2D eigenvalue weighted by molar-refractivity contribution is -0.220. The van der Waals surface area contributed by atoms with Gasteiger partial charge in [-0.3, -0.25) is 9.59 Å². The molecule has 0 spiro atoms. The molecule has 1 saturated heterocycles. The predicted molar refractivity (Wildman–Crippen MR) is 61.9 cm³/mol. The standard InChI is InChI=1S/C12H19NO5/c1-12(2,3)8(14)4-7-11(17)18-13-9(15)5-6-10(13)16/h9,15H,4-7H2,1-3H3. The smallest absolute Gasteiger partial charge is 0.333 e. The molecule has 102 valence electrons. The summed E-state index contributed by atoms with van der Waals surface area (Å²) in [4.78, 5) is 39.0. The average Bonchev–Trinajstić information content (AvgIpc) is 2.56. The van der Waals surface area contributed by atoms with Crippen LogP contribution >= 0.6 is 0 Å². The highest BCUT2D eigenvalue weighted by atomic mass is 16.7. The van der Waals surface area contributed by atoms with Crippen LogP contribution in [0.25, 0.3) is 0 Å². The van der Waals surface area contributed by atoms with Crippen LogP contribution < -0.4 is 0 Å². The van der Waals surface area contributed by atoms with Crippen molar-refractivity contribution in [3.8, 4) is 0 Å². The molecule has 18 heavy (non-hydrogen) atoms. The molecule has 1 heterocycles. The molecule has 0 aliphatic carbocycles. The van der Waals surface area contributed by atoms with Gasteiger partial charge in [-0.25, -0.2) is 4.79 Å². The summed E-state index contributed by atoms with van der Waals surface area (Å²) in [5, 5.41) is 10.1. The lowest BCUT2D eigenvalue weighted by atomic mass is 9.88. The molecule has 0 radical (unpaired) electrons. The lowest BCUT2D eigenvalue weighted by Gasteiger charge is -2.19. The van der Waals surface area contributed by atoms with Gasteiger partial charge in [-0.2, -0.15) is 0 Å². The van der Waals surface area contributed by atoms with Gasteiger partial charge in [-0.05, 0) is 0 Å². The Balaban J connectivity index is 2.39. The Morgan fingerprint density at radius 2 is 2.00 bits per heavy atom. The van der Waals surface area contributed by atoms with Gasteiger partial charge in [0.1, 0.15) is 5.78 Å². The molecule has 1 aliphatic heterocycles. The highest BCUT2D eigenvalue weighted by molar-refractivity contribution is 5.87. The minimum absolute atomic E-state index is 0.0484. The van der Waals surface area contributed by atoms with Gasteiger partial charge < -0.3 is 9.94 Å². The monoisotopic (exact) mass is 257 g/mol. The minimum atomic E-state index is -1.07. The molecular weight excluding hydrogens is 238 g/mol. The van der Waals surface area contributed by atoms with E-state index in [2.05, 4.69) is 0 Å². The summed E-state index contributed by atoms with van der Waals surface area (Å²) in [5.41, 5.74) is -0.497. The Labute approximate surface area is 106 Å². The van der Waals surface area contributed by atoms with Crippen LogP contribution in [0.15, 0.2) is 0 Å². The van der Waals surface area contributed by atoms with Gasteiger partial charge in [-0.15, -0.1) is 5.06 Å². The number of aliphatic hydroxyl groups excluding tert-OH is 1. The van der Waals surface area contributed by atoms with Crippen LogP contribution in [0.4, 0.5) is 0 Å². The first-order valence-corrected chi connectivity index (χ1v) is 5.96. The first kappa shape index (κ1) is 14.6. The number of nitrogens with zero attached hydrogens (tertiary/aromatic N) is 1. The van der Waals surface area contributed by atoms with Crippen molar-refractivity contribution in [1.82, 2.24) is 5.06 Å². The van der Waals surface area contributed by atoms with Crippen LogP contribution in [0.3, 0.4) is 0 Å². The first-order valence-electron chi connectivity index (χ1n) is 5.96. The summed E-state index contributed by atoms with van der Waals surface area (Å²) in [6.45, 7) is 5.32. The fraction of sp³-hybridized carbons (Fsp3) is 0.750. The highest BCUT2D eigenvalue weighted by Gasteiger charge is 2.33. The molecule has 6 nitrogen and oxygen atoms in total. The molecule has 6 heteroatoms. The first-order chi connectivity index (χ1) is 8.21. The largest absolute Gasteiger partial charge is 0.370 e. The fourth-order valence-corrected chi connectivity index (χ4v) is 1.50. The molecule has 0 aromatic carbocycles. The third-order valence-corrected chi connectivity index (χ3v) is 2.73. The summed E-state index contributed by atoms with van der Waals surface area (Å²) >= 11 is 0. The number of ketones is 1. The molecule has 0 saturated carbocycles. The zero-order chi connectivity index (χ0) is 13.9. The van der Waals surface area contributed by atoms with Crippen molar-refractivity contribution in [1.29, 1.82) is 0 Å². The fourth-order valence-electron chi connectivity index (χ4n) is 1.50. The molecule has 0 aromatic heterocycles. The molecule has 1 atom stereocenters. The molecular formula is C12H19NO5. The zero-order valence-corrected chi connectivity index (χ0v) is 10.9. The van der Waals surface area contributed by atoms with E-state index in [0.717, 1.165) is 0 Å². The maximum atomic E-state index is 11.6. The van der Waals surface area contributed by atoms with Gasteiger partial charge in [0.2, 0.25) is 0 Å². The topological polar surface area (TPSA) is 83.9 Å². The van der Waals surface area contributed by atoms with Crippen molar-refractivity contribution in [2.75, 3.05) is 0 Å². The summed E-state index contributed by atoms with van der Waals surface area (Å²) in [6, 6.07) is 0. The SMILES string of the molecule is CC(C)(C)C(=O)CCC(=O)ON1C(=O)CCC1O. The van der Waals surface area contributed by atoms with E-state index < -0.39 is 23.5 Å². The molecule has 1 amide bonds. The van der Waals surface area contributed by atoms with Gasteiger partial charge in [0, 0.05) is 24.7 Å². The van der Waals surface area contributed by atoms with E-state index in [-0.39, 0.29) is 31.5 Å². The summed E-state index contributed by atoms with van der Waals surface area (Å²) in [7, 11) is 0. The van der Waals surface area contributed by atoms with Crippen molar-refractivity contribution in [3.63, 3.8) is 0 Å². The molecule has 1 rings (SSSR count). The molecule has 1 fully saturated rings. The Morgan fingerprint density at radius 3 is 2.44 bits per heavy atom. The van der Waals surface area contributed by atoms with Crippen molar-refractivity contribution in [2.24, 2.45) is 5.41 Å². The van der Waals surface area contributed by atoms with Gasteiger partial charge in [0.25, 0.3) is 5.91 Å². The summed E-state index contributed by atoms with van der Waals surface area (Å²) < 4.78 is 0. The van der Waals surface area contributed by atoms with Crippen LogP contribution in [0.1, 0.15) is 46.5 Å². The number of aliphatic hydroxyl groups is 1. The van der Waals surface area contributed by atoms with Gasteiger partial charge in [-0.1, -0.05) is 20.8 Å². The van der Waals surface area contributed by atoms with Crippen LogP contribution in [0.5, 0.6) is 0 Å². The van der Waals surface area contributed by atoms with Crippen molar-refractivity contribution in [2.45, 2.75) is 52.7 Å². The maximum absolute atomic E-state index is 11.6. The Morgan fingerprint density at radius 1 is 1.39 bits per heavy atom. The number of hydroxylamine groups is 2. The molecule has 0 bridgehead atoms. The number of Topliss-reactive ketones (excluding diaryl/α,β-unsaturated/α-hetero) is 1. The van der Waals surface area contributed by atoms with Crippen molar-refractivity contribution >= 4 is 17.7 Å². The average molecular weight is 257 g/mol. The Kier molecular flexibility index (Phi) is 4.45. The summed E-state index contributed by atoms with van der Waals surface area (Å²) in [6.07, 6.45) is -0.671. The molecule has 1 N–H and O–H groups in total.